The van der Waals surface area contributed by atoms with Crippen LogP contribution in [0.25, 0.3) is 10.2 Å². The van der Waals surface area contributed by atoms with Crippen LogP contribution in [0, 0.1) is 20.2 Å². The number of aromatic nitrogens is 1. The number of nitrogens with zero attached hydrogens (tertiary/aromatic N) is 4. The van der Waals surface area contributed by atoms with Crippen LogP contribution < -0.4 is 5.32 Å². The van der Waals surface area contributed by atoms with Crippen molar-refractivity contribution >= 4 is 68.2 Å². The average molecular weight is 494 g/mol. The second kappa shape index (κ2) is 10.2. The molecule has 0 radical (unpaired) electrons. The molecule has 0 saturated carbocycles. The van der Waals surface area contributed by atoms with Crippen molar-refractivity contribution in [2.24, 2.45) is 4.99 Å². The minimum atomic E-state index is -0.544. The summed E-state index contributed by atoms with van der Waals surface area (Å²) in [5.41, 5.74) is 2.20. The predicted octanol–water partition coefficient (Wildman–Crippen LogP) is 5.59. The number of non-ortho nitro benzene ring substituents is 1. The van der Waals surface area contributed by atoms with Crippen LogP contribution in [0.5, 0.6) is 0 Å². The second-order valence-electron chi connectivity index (χ2n) is 6.85. The molecule has 12 heteroatoms. The van der Waals surface area contributed by atoms with Gasteiger partial charge in [0.25, 0.3) is 11.4 Å². The van der Waals surface area contributed by atoms with Gasteiger partial charge in [-0.15, -0.1) is 11.3 Å². The molecule has 0 spiro atoms. The van der Waals surface area contributed by atoms with Crippen LogP contribution in [0.1, 0.15) is 5.56 Å². The van der Waals surface area contributed by atoms with Crippen LogP contribution >= 0.6 is 23.1 Å². The van der Waals surface area contributed by atoms with Crippen LogP contribution in [0.3, 0.4) is 0 Å². The number of nitro groups is 2. The van der Waals surface area contributed by atoms with Gasteiger partial charge in [0, 0.05) is 24.4 Å². The van der Waals surface area contributed by atoms with Gasteiger partial charge in [-0.3, -0.25) is 30.0 Å². The number of nitrogens with one attached hydrogen (secondary N) is 1. The molecule has 0 aliphatic rings. The Labute approximate surface area is 200 Å². The summed E-state index contributed by atoms with van der Waals surface area (Å²) >= 11 is 2.65. The third-order valence-corrected chi connectivity index (χ3v) is 6.68. The van der Waals surface area contributed by atoms with E-state index < -0.39 is 9.85 Å². The standard InChI is InChI=1S/C22H15N5O5S2/c28-21(24-17-3-1-2-4-19(17)27(31)32)13-33-22-25-18-10-7-15(11-20(18)34-22)23-12-14-5-8-16(9-6-14)26(29)30/h1-12H,13H2,(H,24,28). The van der Waals surface area contributed by atoms with Crippen molar-refractivity contribution in [2.75, 3.05) is 11.1 Å². The molecule has 0 aliphatic heterocycles. The van der Waals surface area contributed by atoms with Gasteiger partial charge in [0.15, 0.2) is 4.34 Å². The summed E-state index contributed by atoms with van der Waals surface area (Å²) in [6.07, 6.45) is 1.62. The number of thiazole rings is 1. The van der Waals surface area contributed by atoms with Crippen LogP contribution in [0.15, 0.2) is 76.1 Å². The molecule has 1 heterocycles. The summed E-state index contributed by atoms with van der Waals surface area (Å²) in [6.45, 7) is 0. The zero-order valence-corrected chi connectivity index (χ0v) is 18.9. The first kappa shape index (κ1) is 23.0. The highest BCUT2D eigenvalue weighted by Crippen LogP contribution is 2.32. The first-order valence-electron chi connectivity index (χ1n) is 9.74. The Morgan fingerprint density at radius 3 is 2.56 bits per heavy atom. The maximum absolute atomic E-state index is 12.3. The molecule has 170 valence electrons. The average Bonchev–Trinajstić information content (AvgIpc) is 3.24. The van der Waals surface area contributed by atoms with E-state index in [1.807, 2.05) is 12.1 Å². The highest BCUT2D eigenvalue weighted by molar-refractivity contribution is 8.01. The molecule has 1 amide bonds. The van der Waals surface area contributed by atoms with Gasteiger partial charge in [-0.25, -0.2) is 4.98 Å². The molecule has 10 nitrogen and oxygen atoms in total. The number of anilines is 1. The third kappa shape index (κ3) is 5.60. The number of carbonyl (C=O) groups is 1. The van der Waals surface area contributed by atoms with E-state index in [-0.39, 0.29) is 28.7 Å². The fraction of sp³-hybridized carbons (Fsp3) is 0.0455. The molecule has 0 fully saturated rings. The van der Waals surface area contributed by atoms with Crippen molar-refractivity contribution in [3.05, 3.63) is 92.5 Å². The highest BCUT2D eigenvalue weighted by Gasteiger charge is 2.15. The van der Waals surface area contributed by atoms with E-state index in [2.05, 4.69) is 15.3 Å². The molecule has 34 heavy (non-hydrogen) atoms. The molecule has 0 unspecified atom stereocenters. The Morgan fingerprint density at radius 2 is 1.82 bits per heavy atom. The number of para-hydroxylation sites is 2. The van der Waals surface area contributed by atoms with Gasteiger partial charge in [-0.05, 0) is 42.0 Å². The molecule has 0 bridgehead atoms. The molecule has 1 N–H and O–H groups in total. The van der Waals surface area contributed by atoms with E-state index in [1.165, 1.54) is 53.4 Å². The number of benzene rings is 3. The first-order valence-corrected chi connectivity index (χ1v) is 11.5. The summed E-state index contributed by atoms with van der Waals surface area (Å²) in [5, 5.41) is 24.4. The van der Waals surface area contributed by atoms with Gasteiger partial charge in [0.2, 0.25) is 5.91 Å². The SMILES string of the molecule is O=C(CSc1nc2ccc(N=Cc3ccc([N+](=O)[O-])cc3)cc2s1)Nc1ccccc1[N+](=O)[O-]. The third-order valence-electron chi connectivity index (χ3n) is 4.52. The summed E-state index contributed by atoms with van der Waals surface area (Å²) in [5.74, 6) is -0.316. The van der Waals surface area contributed by atoms with Crippen LogP contribution in [-0.4, -0.2) is 32.7 Å². The Hall–Kier alpha value is -4.16. The molecular weight excluding hydrogens is 478 g/mol. The Kier molecular flexibility index (Phi) is 6.90. The lowest BCUT2D eigenvalue weighted by molar-refractivity contribution is -0.384. The van der Waals surface area contributed by atoms with Crippen molar-refractivity contribution in [3.63, 3.8) is 0 Å². The number of aliphatic imine (C=N–C) groups is 1. The Balaban J connectivity index is 1.40. The highest BCUT2D eigenvalue weighted by atomic mass is 32.2. The number of rotatable bonds is 8. The number of nitro benzene ring substituents is 2. The lowest BCUT2D eigenvalue weighted by Crippen LogP contribution is -2.15. The lowest BCUT2D eigenvalue weighted by atomic mass is 10.2. The minimum Gasteiger partial charge on any atom is -0.320 e. The van der Waals surface area contributed by atoms with Gasteiger partial charge in [0.1, 0.15) is 5.69 Å². The van der Waals surface area contributed by atoms with E-state index in [1.54, 1.807) is 30.5 Å². The van der Waals surface area contributed by atoms with Crippen LogP contribution in [0.4, 0.5) is 22.7 Å². The zero-order valence-electron chi connectivity index (χ0n) is 17.3. The van der Waals surface area contributed by atoms with E-state index in [0.717, 1.165) is 15.8 Å². The first-order chi connectivity index (χ1) is 16.4. The van der Waals surface area contributed by atoms with Crippen molar-refractivity contribution in [1.29, 1.82) is 0 Å². The fourth-order valence-corrected chi connectivity index (χ4v) is 4.82. The van der Waals surface area contributed by atoms with Crippen molar-refractivity contribution in [1.82, 2.24) is 4.98 Å². The summed E-state index contributed by atoms with van der Waals surface area (Å²) in [7, 11) is 0. The van der Waals surface area contributed by atoms with Crippen LogP contribution in [-0.2, 0) is 4.79 Å². The fourth-order valence-electron chi connectivity index (χ4n) is 2.92. The lowest BCUT2D eigenvalue weighted by Gasteiger charge is -2.04. The smallest absolute Gasteiger partial charge is 0.292 e. The molecule has 0 saturated heterocycles. The predicted molar refractivity (Wildman–Crippen MR) is 132 cm³/mol. The molecular formula is C22H15N5O5S2. The number of amides is 1. The normalized spacial score (nSPS) is 11.1. The molecule has 0 aliphatic carbocycles. The quantitative estimate of drug-likeness (QED) is 0.146. The van der Waals surface area contributed by atoms with Crippen molar-refractivity contribution in [3.8, 4) is 0 Å². The van der Waals surface area contributed by atoms with Gasteiger partial charge >= 0.3 is 0 Å². The summed E-state index contributed by atoms with van der Waals surface area (Å²) in [6, 6.07) is 17.5. The van der Waals surface area contributed by atoms with E-state index in [9.17, 15) is 25.0 Å². The number of hydrogen-bond donors (Lipinski definition) is 1. The maximum atomic E-state index is 12.3. The van der Waals surface area contributed by atoms with E-state index in [4.69, 9.17) is 0 Å². The molecule has 4 aromatic rings. The monoisotopic (exact) mass is 493 g/mol. The number of hydrogen-bond acceptors (Lipinski definition) is 9. The van der Waals surface area contributed by atoms with Crippen molar-refractivity contribution < 1.29 is 14.6 Å². The Morgan fingerprint density at radius 1 is 1.06 bits per heavy atom. The minimum absolute atomic E-state index is 0.0175. The second-order valence-corrected chi connectivity index (χ2v) is 9.10. The molecule has 0 atom stereocenters. The van der Waals surface area contributed by atoms with Crippen LogP contribution in [0.2, 0.25) is 0 Å². The van der Waals surface area contributed by atoms with Gasteiger partial charge in [0.05, 0.1) is 31.5 Å². The van der Waals surface area contributed by atoms with Crippen molar-refractivity contribution in [2.45, 2.75) is 4.34 Å². The summed E-state index contributed by atoms with van der Waals surface area (Å²) in [4.78, 5) is 42.0. The number of carbonyl (C=O) groups excluding carboxylic acids is 1. The van der Waals surface area contributed by atoms with Gasteiger partial charge in [-0.1, -0.05) is 23.9 Å². The van der Waals surface area contributed by atoms with Gasteiger partial charge < -0.3 is 5.32 Å². The maximum Gasteiger partial charge on any atom is 0.292 e. The number of fused-ring (bicyclic) bond motifs is 1. The van der Waals surface area contributed by atoms with Gasteiger partial charge in [-0.2, -0.15) is 0 Å². The topological polar surface area (TPSA) is 141 Å². The Bertz CT molecular complexity index is 1420. The van der Waals surface area contributed by atoms with E-state index in [0.29, 0.717) is 10.0 Å². The zero-order chi connectivity index (χ0) is 24.1. The molecule has 1 aromatic heterocycles. The number of thioether (sulfide) groups is 1. The summed E-state index contributed by atoms with van der Waals surface area (Å²) < 4.78 is 1.57. The molecule has 4 rings (SSSR count). The molecule has 3 aromatic carbocycles. The largest absolute Gasteiger partial charge is 0.320 e. The van der Waals surface area contributed by atoms with E-state index >= 15 is 0 Å².